The average molecular weight is 256 g/mol. The van der Waals surface area contributed by atoms with Crippen LogP contribution in [0.25, 0.3) is 0 Å². The molecule has 1 aromatic carbocycles. The summed E-state index contributed by atoms with van der Waals surface area (Å²) in [6.07, 6.45) is 3.49. The quantitative estimate of drug-likeness (QED) is 0.867. The molecule has 0 unspecified atom stereocenters. The van der Waals surface area contributed by atoms with Gasteiger partial charge < -0.3 is 5.73 Å². The smallest absolute Gasteiger partial charge is 0.0295 e. The summed E-state index contributed by atoms with van der Waals surface area (Å²) in [4.78, 5) is 0. The molecule has 0 radical (unpaired) electrons. The first-order chi connectivity index (χ1) is 6.63. The highest BCUT2D eigenvalue weighted by atomic mass is 79.9. The van der Waals surface area contributed by atoms with Crippen LogP contribution >= 0.6 is 15.9 Å². The molecule has 2 heteroatoms. The minimum atomic E-state index is 0.186. The second kappa shape index (κ2) is 5.52. The highest BCUT2D eigenvalue weighted by Crippen LogP contribution is 2.22. The summed E-state index contributed by atoms with van der Waals surface area (Å²) in [6.45, 7) is 4.29. The fourth-order valence-electron chi connectivity index (χ4n) is 1.57. The van der Waals surface area contributed by atoms with Crippen molar-refractivity contribution >= 4 is 15.9 Å². The van der Waals surface area contributed by atoms with Gasteiger partial charge in [-0.05, 0) is 36.6 Å². The van der Waals surface area contributed by atoms with E-state index in [0.717, 1.165) is 10.9 Å². The van der Waals surface area contributed by atoms with Crippen molar-refractivity contribution in [1.82, 2.24) is 0 Å². The monoisotopic (exact) mass is 255 g/mol. The van der Waals surface area contributed by atoms with Gasteiger partial charge in [0, 0.05) is 10.5 Å². The lowest BCUT2D eigenvalue weighted by molar-refractivity contribution is 0.603. The predicted molar refractivity (Wildman–Crippen MR) is 65.3 cm³/mol. The number of aryl methyl sites for hydroxylation is 1. The number of hydrogen-bond acceptors (Lipinski definition) is 1. The van der Waals surface area contributed by atoms with Crippen molar-refractivity contribution in [3.8, 4) is 0 Å². The zero-order valence-electron chi connectivity index (χ0n) is 8.89. The van der Waals surface area contributed by atoms with Crippen LogP contribution in [0.2, 0.25) is 0 Å². The maximum Gasteiger partial charge on any atom is 0.0295 e. The summed E-state index contributed by atoms with van der Waals surface area (Å²) in [5, 5.41) is 0. The molecule has 0 aromatic heterocycles. The van der Waals surface area contributed by atoms with E-state index >= 15 is 0 Å². The Morgan fingerprint density at radius 3 is 2.64 bits per heavy atom. The van der Waals surface area contributed by atoms with E-state index in [0.29, 0.717) is 0 Å². The molecule has 0 aliphatic heterocycles. The fraction of sp³-hybridized carbons (Fsp3) is 0.500. The Morgan fingerprint density at radius 1 is 1.36 bits per heavy atom. The third kappa shape index (κ3) is 3.43. The SMILES string of the molecule is CCCC[C@H](N)c1cc(C)cc(Br)c1. The van der Waals surface area contributed by atoms with Gasteiger partial charge in [0.1, 0.15) is 0 Å². The van der Waals surface area contributed by atoms with Crippen molar-refractivity contribution in [1.29, 1.82) is 0 Å². The van der Waals surface area contributed by atoms with Crippen molar-refractivity contribution in [3.05, 3.63) is 33.8 Å². The van der Waals surface area contributed by atoms with Crippen molar-refractivity contribution in [2.75, 3.05) is 0 Å². The van der Waals surface area contributed by atoms with Gasteiger partial charge in [-0.3, -0.25) is 0 Å². The first-order valence-electron chi connectivity index (χ1n) is 5.16. The Kier molecular flexibility index (Phi) is 4.63. The zero-order chi connectivity index (χ0) is 10.6. The number of halogens is 1. The summed E-state index contributed by atoms with van der Waals surface area (Å²) >= 11 is 3.49. The van der Waals surface area contributed by atoms with Crippen molar-refractivity contribution in [3.63, 3.8) is 0 Å². The molecule has 0 saturated carbocycles. The van der Waals surface area contributed by atoms with Crippen LogP contribution in [0, 0.1) is 6.92 Å². The minimum absolute atomic E-state index is 0.186. The molecule has 0 amide bonds. The summed E-state index contributed by atoms with van der Waals surface area (Å²) in [5.74, 6) is 0. The highest BCUT2D eigenvalue weighted by Gasteiger charge is 2.06. The van der Waals surface area contributed by atoms with Gasteiger partial charge >= 0.3 is 0 Å². The second-order valence-corrected chi connectivity index (χ2v) is 4.73. The lowest BCUT2D eigenvalue weighted by Crippen LogP contribution is -2.10. The Labute approximate surface area is 94.8 Å². The molecule has 1 aromatic rings. The zero-order valence-corrected chi connectivity index (χ0v) is 10.5. The number of hydrogen-bond donors (Lipinski definition) is 1. The summed E-state index contributed by atoms with van der Waals surface area (Å²) in [7, 11) is 0. The van der Waals surface area contributed by atoms with E-state index in [1.165, 1.54) is 24.0 Å². The summed E-state index contributed by atoms with van der Waals surface area (Å²) in [5.41, 5.74) is 8.60. The lowest BCUT2D eigenvalue weighted by atomic mass is 10.0. The number of unbranched alkanes of at least 4 members (excludes halogenated alkanes) is 1. The molecule has 78 valence electrons. The van der Waals surface area contributed by atoms with Gasteiger partial charge in [-0.25, -0.2) is 0 Å². The molecule has 0 heterocycles. The Bertz CT molecular complexity index is 276. The Hall–Kier alpha value is -0.340. The van der Waals surface area contributed by atoms with E-state index in [4.69, 9.17) is 5.73 Å². The van der Waals surface area contributed by atoms with Crippen LogP contribution in [0.4, 0.5) is 0 Å². The van der Waals surface area contributed by atoms with E-state index in [2.05, 4.69) is 48.0 Å². The molecule has 2 N–H and O–H groups in total. The van der Waals surface area contributed by atoms with Gasteiger partial charge in [-0.1, -0.05) is 41.8 Å². The number of benzene rings is 1. The Morgan fingerprint density at radius 2 is 2.07 bits per heavy atom. The van der Waals surface area contributed by atoms with Crippen molar-refractivity contribution in [2.24, 2.45) is 5.73 Å². The van der Waals surface area contributed by atoms with Crippen molar-refractivity contribution in [2.45, 2.75) is 39.2 Å². The van der Waals surface area contributed by atoms with Crippen LogP contribution in [0.1, 0.15) is 43.4 Å². The molecule has 14 heavy (non-hydrogen) atoms. The second-order valence-electron chi connectivity index (χ2n) is 3.81. The van der Waals surface area contributed by atoms with Crippen LogP contribution in [-0.2, 0) is 0 Å². The van der Waals surface area contributed by atoms with Gasteiger partial charge in [0.25, 0.3) is 0 Å². The normalized spacial score (nSPS) is 12.9. The molecule has 0 spiro atoms. The van der Waals surface area contributed by atoms with Gasteiger partial charge in [-0.15, -0.1) is 0 Å². The van der Waals surface area contributed by atoms with E-state index < -0.39 is 0 Å². The maximum absolute atomic E-state index is 6.10. The molecule has 0 fully saturated rings. The van der Waals surface area contributed by atoms with Gasteiger partial charge in [0.15, 0.2) is 0 Å². The van der Waals surface area contributed by atoms with Crippen LogP contribution in [0.3, 0.4) is 0 Å². The van der Waals surface area contributed by atoms with Crippen LogP contribution < -0.4 is 5.73 Å². The van der Waals surface area contributed by atoms with E-state index in [1.54, 1.807) is 0 Å². The van der Waals surface area contributed by atoms with E-state index in [-0.39, 0.29) is 6.04 Å². The molecule has 0 saturated heterocycles. The first kappa shape index (κ1) is 11.7. The molecule has 0 aliphatic carbocycles. The van der Waals surface area contributed by atoms with Gasteiger partial charge in [-0.2, -0.15) is 0 Å². The number of rotatable bonds is 4. The lowest BCUT2D eigenvalue weighted by Gasteiger charge is -2.12. The number of nitrogens with two attached hydrogens (primary N) is 1. The van der Waals surface area contributed by atoms with Crippen LogP contribution in [0.15, 0.2) is 22.7 Å². The van der Waals surface area contributed by atoms with Crippen LogP contribution in [-0.4, -0.2) is 0 Å². The van der Waals surface area contributed by atoms with E-state index in [1.807, 2.05) is 0 Å². The standard InChI is InChI=1S/C12H18BrN/c1-3-4-5-12(14)10-6-9(2)7-11(13)8-10/h6-8,12H,3-5,14H2,1-2H3/t12-/m0/s1. The average Bonchev–Trinajstić information content (AvgIpc) is 2.12. The minimum Gasteiger partial charge on any atom is -0.324 e. The Balaban J connectivity index is 2.73. The highest BCUT2D eigenvalue weighted by molar-refractivity contribution is 9.10. The molecular formula is C12H18BrN. The van der Waals surface area contributed by atoms with Crippen molar-refractivity contribution < 1.29 is 0 Å². The molecule has 1 atom stereocenters. The maximum atomic E-state index is 6.10. The first-order valence-corrected chi connectivity index (χ1v) is 5.95. The topological polar surface area (TPSA) is 26.0 Å². The summed E-state index contributed by atoms with van der Waals surface area (Å²) in [6, 6.07) is 6.58. The molecule has 0 aliphatic rings. The van der Waals surface area contributed by atoms with E-state index in [9.17, 15) is 0 Å². The third-order valence-corrected chi connectivity index (χ3v) is 2.82. The van der Waals surface area contributed by atoms with Gasteiger partial charge in [0.05, 0.1) is 0 Å². The molecular weight excluding hydrogens is 238 g/mol. The van der Waals surface area contributed by atoms with Gasteiger partial charge in [0.2, 0.25) is 0 Å². The molecule has 1 nitrogen and oxygen atoms in total. The predicted octanol–water partition coefficient (Wildman–Crippen LogP) is 3.95. The molecule has 0 bridgehead atoms. The summed E-state index contributed by atoms with van der Waals surface area (Å²) < 4.78 is 1.12. The molecule has 1 rings (SSSR count). The third-order valence-electron chi connectivity index (χ3n) is 2.36. The van der Waals surface area contributed by atoms with Crippen LogP contribution in [0.5, 0.6) is 0 Å². The fourth-order valence-corrected chi connectivity index (χ4v) is 2.19. The largest absolute Gasteiger partial charge is 0.324 e.